The molecule has 0 saturated heterocycles. The van der Waals surface area contributed by atoms with E-state index in [1.807, 2.05) is 6.92 Å². The molecule has 1 aliphatic heterocycles. The van der Waals surface area contributed by atoms with E-state index in [2.05, 4.69) is 4.99 Å². The molecule has 0 aromatic heterocycles. The van der Waals surface area contributed by atoms with Crippen LogP contribution in [0.2, 0.25) is 0 Å². The Labute approximate surface area is 149 Å². The van der Waals surface area contributed by atoms with E-state index in [-0.39, 0.29) is 15.8 Å². The lowest BCUT2D eigenvalue weighted by molar-refractivity contribution is -0.113. The van der Waals surface area contributed by atoms with Crippen molar-refractivity contribution >= 4 is 39.0 Å². The number of thioether (sulfide) groups is 1. The van der Waals surface area contributed by atoms with Crippen LogP contribution in [0.4, 0.5) is 0 Å². The third-order valence-electron chi connectivity index (χ3n) is 3.31. The zero-order chi connectivity index (χ0) is 18.0. The first-order chi connectivity index (χ1) is 11.8. The van der Waals surface area contributed by atoms with E-state index < -0.39 is 16.0 Å². The van der Waals surface area contributed by atoms with Gasteiger partial charge in [0.25, 0.3) is 5.91 Å². The molecule has 3 rings (SSSR count). The summed E-state index contributed by atoms with van der Waals surface area (Å²) in [6.07, 6.45) is 1.59. The summed E-state index contributed by atoms with van der Waals surface area (Å²) in [4.78, 5) is 15.7. The maximum absolute atomic E-state index is 12.3. The normalized spacial score (nSPS) is 16.1. The molecule has 1 aliphatic rings. The number of benzene rings is 2. The summed E-state index contributed by atoms with van der Waals surface area (Å²) >= 11 is 1.07. The van der Waals surface area contributed by atoms with Gasteiger partial charge in [-0.1, -0.05) is 29.8 Å². The fraction of sp³-hybridized carbons (Fsp3) is 0.0588. The first-order valence-electron chi connectivity index (χ1n) is 7.23. The summed E-state index contributed by atoms with van der Waals surface area (Å²) in [5.74, 6) is -0.264. The summed E-state index contributed by atoms with van der Waals surface area (Å²) in [6, 6.07) is 12.8. The molecule has 1 amide bonds. The van der Waals surface area contributed by atoms with Gasteiger partial charge in [-0.15, -0.1) is 0 Å². The average Bonchev–Trinajstić information content (AvgIpc) is 2.85. The average molecular weight is 374 g/mol. The summed E-state index contributed by atoms with van der Waals surface area (Å²) < 4.78 is 29.8. The van der Waals surface area contributed by atoms with Crippen LogP contribution in [0, 0.1) is 6.92 Å². The highest BCUT2D eigenvalue weighted by atomic mass is 32.2. The summed E-state index contributed by atoms with van der Waals surface area (Å²) in [5.41, 5.74) is 7.06. The number of carbonyl (C=O) groups excluding carboxylic acids is 1. The molecule has 0 unspecified atom stereocenters. The van der Waals surface area contributed by atoms with Crippen molar-refractivity contribution < 1.29 is 17.4 Å². The number of hydrogen-bond donors (Lipinski definition) is 1. The number of rotatable bonds is 4. The lowest BCUT2D eigenvalue weighted by atomic mass is 10.2. The zero-order valence-electron chi connectivity index (χ0n) is 13.2. The van der Waals surface area contributed by atoms with Gasteiger partial charge in [-0.05, 0) is 54.6 Å². The molecule has 0 radical (unpaired) electrons. The first kappa shape index (κ1) is 17.2. The van der Waals surface area contributed by atoms with Crippen molar-refractivity contribution in [2.75, 3.05) is 0 Å². The summed E-state index contributed by atoms with van der Waals surface area (Å²) in [6.45, 7) is 1.87. The predicted octanol–water partition coefficient (Wildman–Crippen LogP) is 2.69. The Kier molecular flexibility index (Phi) is 4.65. The standard InChI is InChI=1S/C17H14N2O4S2/c1-11-5-7-14(8-6-11)25(21,22)23-13-4-2-3-12(9-13)10-15-16(20)19-17(18)24-15/h2-10H,1H3,(H2,18,19,20)/b15-10-. The van der Waals surface area contributed by atoms with Gasteiger partial charge in [0, 0.05) is 0 Å². The Hall–Kier alpha value is -2.58. The number of amidine groups is 1. The van der Waals surface area contributed by atoms with E-state index in [0.29, 0.717) is 10.5 Å². The lowest BCUT2D eigenvalue weighted by Gasteiger charge is -2.08. The van der Waals surface area contributed by atoms with Crippen LogP contribution in [-0.4, -0.2) is 19.5 Å². The molecule has 0 saturated carbocycles. The van der Waals surface area contributed by atoms with E-state index in [4.69, 9.17) is 9.92 Å². The van der Waals surface area contributed by atoms with Gasteiger partial charge in [0.15, 0.2) is 5.17 Å². The van der Waals surface area contributed by atoms with Gasteiger partial charge in [0.1, 0.15) is 10.6 Å². The lowest BCUT2D eigenvalue weighted by Crippen LogP contribution is -2.09. The van der Waals surface area contributed by atoms with Crippen molar-refractivity contribution in [2.45, 2.75) is 11.8 Å². The van der Waals surface area contributed by atoms with E-state index in [9.17, 15) is 13.2 Å². The van der Waals surface area contributed by atoms with Gasteiger partial charge >= 0.3 is 10.1 Å². The van der Waals surface area contributed by atoms with Crippen molar-refractivity contribution in [3.05, 3.63) is 64.6 Å². The second kappa shape index (κ2) is 6.73. The smallest absolute Gasteiger partial charge is 0.339 e. The minimum Gasteiger partial charge on any atom is -0.379 e. The fourth-order valence-electron chi connectivity index (χ4n) is 2.11. The third-order valence-corrected chi connectivity index (χ3v) is 5.38. The topological polar surface area (TPSA) is 98.8 Å². The van der Waals surface area contributed by atoms with Gasteiger partial charge in [-0.3, -0.25) is 4.79 Å². The monoisotopic (exact) mass is 374 g/mol. The second-order valence-electron chi connectivity index (χ2n) is 5.29. The van der Waals surface area contributed by atoms with E-state index >= 15 is 0 Å². The Balaban J connectivity index is 1.84. The molecule has 25 heavy (non-hydrogen) atoms. The first-order valence-corrected chi connectivity index (χ1v) is 9.45. The molecule has 0 fully saturated rings. The van der Waals surface area contributed by atoms with Crippen LogP contribution in [-0.2, 0) is 14.9 Å². The third kappa shape index (κ3) is 4.09. The van der Waals surface area contributed by atoms with Crippen LogP contribution in [0.5, 0.6) is 5.75 Å². The summed E-state index contributed by atoms with van der Waals surface area (Å²) in [7, 11) is -3.93. The van der Waals surface area contributed by atoms with Crippen LogP contribution >= 0.6 is 11.8 Å². The van der Waals surface area contributed by atoms with Gasteiger partial charge < -0.3 is 9.92 Å². The molecule has 1 heterocycles. The highest BCUT2D eigenvalue weighted by Crippen LogP contribution is 2.28. The van der Waals surface area contributed by atoms with Crippen molar-refractivity contribution in [2.24, 2.45) is 10.7 Å². The zero-order valence-corrected chi connectivity index (χ0v) is 14.8. The largest absolute Gasteiger partial charge is 0.379 e. The van der Waals surface area contributed by atoms with Crippen molar-refractivity contribution in [1.82, 2.24) is 0 Å². The van der Waals surface area contributed by atoms with Crippen LogP contribution in [0.1, 0.15) is 11.1 Å². The van der Waals surface area contributed by atoms with Crippen molar-refractivity contribution in [3.8, 4) is 5.75 Å². The second-order valence-corrected chi connectivity index (χ2v) is 7.90. The molecule has 128 valence electrons. The van der Waals surface area contributed by atoms with Crippen LogP contribution in [0.25, 0.3) is 6.08 Å². The van der Waals surface area contributed by atoms with E-state index in [1.165, 1.54) is 24.3 Å². The molecule has 2 aromatic carbocycles. The molecule has 0 spiro atoms. The molecule has 0 bridgehead atoms. The number of hydrogen-bond acceptors (Lipinski definition) is 6. The quantitative estimate of drug-likeness (QED) is 0.652. The van der Waals surface area contributed by atoms with Crippen molar-refractivity contribution in [3.63, 3.8) is 0 Å². The SMILES string of the molecule is Cc1ccc(S(=O)(=O)Oc2cccc(/C=C3\SC(N)=NC3=O)c2)cc1. The maximum Gasteiger partial charge on any atom is 0.339 e. The summed E-state index contributed by atoms with van der Waals surface area (Å²) in [5, 5.41) is 0.186. The van der Waals surface area contributed by atoms with Crippen LogP contribution < -0.4 is 9.92 Å². The Morgan fingerprint density at radius 2 is 1.88 bits per heavy atom. The number of nitrogens with zero attached hydrogens (tertiary/aromatic N) is 1. The molecule has 8 heteroatoms. The van der Waals surface area contributed by atoms with Gasteiger partial charge in [-0.2, -0.15) is 13.4 Å². The molecular weight excluding hydrogens is 360 g/mol. The molecule has 2 aromatic rings. The number of aryl methyl sites for hydroxylation is 1. The van der Waals surface area contributed by atoms with Crippen LogP contribution in [0.3, 0.4) is 0 Å². The van der Waals surface area contributed by atoms with Gasteiger partial charge in [-0.25, -0.2) is 0 Å². The minimum atomic E-state index is -3.93. The Morgan fingerprint density at radius 1 is 1.16 bits per heavy atom. The Morgan fingerprint density at radius 3 is 2.52 bits per heavy atom. The highest BCUT2D eigenvalue weighted by Gasteiger charge is 2.20. The maximum atomic E-state index is 12.3. The molecular formula is C17H14N2O4S2. The number of aliphatic imine (C=N–C) groups is 1. The fourth-order valence-corrected chi connectivity index (χ4v) is 3.72. The minimum absolute atomic E-state index is 0.0737. The van der Waals surface area contributed by atoms with Crippen LogP contribution in [0.15, 0.2) is 63.3 Å². The van der Waals surface area contributed by atoms with Gasteiger partial charge in [0.2, 0.25) is 0 Å². The number of carbonyl (C=O) groups is 1. The molecule has 0 aliphatic carbocycles. The predicted molar refractivity (Wildman–Crippen MR) is 97.6 cm³/mol. The highest BCUT2D eigenvalue weighted by molar-refractivity contribution is 8.18. The van der Waals surface area contributed by atoms with E-state index in [0.717, 1.165) is 17.3 Å². The molecule has 0 atom stereocenters. The molecule has 2 N–H and O–H groups in total. The number of nitrogens with two attached hydrogens (primary N) is 1. The Bertz CT molecular complexity index is 994. The van der Waals surface area contributed by atoms with Crippen molar-refractivity contribution in [1.29, 1.82) is 0 Å². The van der Waals surface area contributed by atoms with E-state index in [1.54, 1.807) is 30.3 Å². The number of amides is 1. The molecule has 6 nitrogen and oxygen atoms in total. The van der Waals surface area contributed by atoms with Gasteiger partial charge in [0.05, 0.1) is 4.91 Å².